The lowest BCUT2D eigenvalue weighted by atomic mass is 10.1. The highest BCUT2D eigenvalue weighted by Gasteiger charge is 2.23. The number of fused-ring (bicyclic) bond motifs is 1. The third-order valence-corrected chi connectivity index (χ3v) is 4.56. The molecule has 0 saturated heterocycles. The predicted octanol–water partition coefficient (Wildman–Crippen LogP) is 4.09. The van der Waals surface area contributed by atoms with E-state index in [-0.39, 0.29) is 5.56 Å². The molecule has 3 aromatic rings. The van der Waals surface area contributed by atoms with Crippen LogP contribution in [0.15, 0.2) is 53.3 Å². The van der Waals surface area contributed by atoms with Crippen molar-refractivity contribution < 1.29 is 14.6 Å². The van der Waals surface area contributed by atoms with Crippen molar-refractivity contribution in [2.24, 2.45) is 0 Å². The molecular weight excluding hydrogens is 418 g/mol. The maximum atomic E-state index is 13.8. The van der Waals surface area contributed by atoms with E-state index >= 15 is 0 Å². The molecule has 0 radical (unpaired) electrons. The number of amides is 1. The average Bonchev–Trinajstić information content (AvgIpc) is 2.70. The highest BCUT2D eigenvalue weighted by Crippen LogP contribution is 2.21. The van der Waals surface area contributed by atoms with Crippen molar-refractivity contribution in [2.45, 2.75) is 58.8 Å². The van der Waals surface area contributed by atoms with Gasteiger partial charge >= 0.3 is 6.09 Å². The number of hydrogen-bond acceptors (Lipinski definition) is 5. The summed E-state index contributed by atoms with van der Waals surface area (Å²) in [4.78, 5) is 30.9. The summed E-state index contributed by atoms with van der Waals surface area (Å²) < 4.78 is 6.84. The second-order valence-electron chi connectivity index (χ2n) is 9.32. The lowest BCUT2D eigenvalue weighted by Gasteiger charge is -2.23. The second kappa shape index (κ2) is 9.08. The Labute approximate surface area is 193 Å². The molecule has 1 atom stereocenters. The van der Waals surface area contributed by atoms with Crippen molar-refractivity contribution in [2.75, 3.05) is 0 Å². The van der Waals surface area contributed by atoms with Crippen LogP contribution in [0, 0.1) is 11.8 Å². The molecule has 1 amide bonds. The molecule has 7 heteroatoms. The van der Waals surface area contributed by atoms with Gasteiger partial charge in [0, 0.05) is 5.56 Å². The van der Waals surface area contributed by atoms with Crippen LogP contribution < -0.4 is 10.9 Å². The molecule has 1 heterocycles. The van der Waals surface area contributed by atoms with Crippen molar-refractivity contribution in [3.8, 4) is 17.5 Å². The van der Waals surface area contributed by atoms with Gasteiger partial charge in [-0.05, 0) is 65.8 Å². The van der Waals surface area contributed by atoms with Crippen LogP contribution in [0.5, 0.6) is 0 Å². The van der Waals surface area contributed by atoms with Gasteiger partial charge in [-0.1, -0.05) is 36.1 Å². The molecular formula is C26H29N3O4. The first-order chi connectivity index (χ1) is 15.4. The number of rotatable bonds is 3. The normalized spacial score (nSPS) is 12.6. The van der Waals surface area contributed by atoms with E-state index in [1.54, 1.807) is 71.9 Å². The van der Waals surface area contributed by atoms with Crippen LogP contribution in [-0.2, 0) is 4.74 Å². The second-order valence-corrected chi connectivity index (χ2v) is 9.32. The van der Waals surface area contributed by atoms with E-state index in [1.807, 2.05) is 18.2 Å². The summed E-state index contributed by atoms with van der Waals surface area (Å²) in [6.07, 6.45) is -0.603. The van der Waals surface area contributed by atoms with Crippen LogP contribution in [0.1, 0.15) is 59.0 Å². The van der Waals surface area contributed by atoms with E-state index in [0.717, 1.165) is 0 Å². The topological polar surface area (TPSA) is 93.5 Å². The van der Waals surface area contributed by atoms with Gasteiger partial charge in [-0.15, -0.1) is 0 Å². The van der Waals surface area contributed by atoms with E-state index in [9.17, 15) is 14.7 Å². The minimum atomic E-state index is -1.21. The third-order valence-electron chi connectivity index (χ3n) is 4.56. The fourth-order valence-electron chi connectivity index (χ4n) is 3.24. The summed E-state index contributed by atoms with van der Waals surface area (Å²) in [5, 5.41) is 13.1. The van der Waals surface area contributed by atoms with E-state index in [0.29, 0.717) is 28.0 Å². The smallest absolute Gasteiger partial charge is 0.408 e. The molecule has 0 aliphatic rings. The molecule has 0 bridgehead atoms. The Hall–Kier alpha value is -3.63. The van der Waals surface area contributed by atoms with Crippen molar-refractivity contribution in [3.05, 3.63) is 70.3 Å². The Morgan fingerprint density at radius 1 is 1.09 bits per heavy atom. The van der Waals surface area contributed by atoms with Crippen molar-refractivity contribution in [3.63, 3.8) is 0 Å². The fraction of sp³-hybridized carbons (Fsp3) is 0.346. The highest BCUT2D eigenvalue weighted by molar-refractivity contribution is 5.85. The quantitative estimate of drug-likeness (QED) is 0.590. The van der Waals surface area contributed by atoms with Gasteiger partial charge in [0.2, 0.25) is 0 Å². The summed E-state index contributed by atoms with van der Waals surface area (Å²) in [5.41, 5.74) is -0.665. The van der Waals surface area contributed by atoms with Crippen LogP contribution in [0.25, 0.3) is 16.6 Å². The zero-order valence-electron chi connectivity index (χ0n) is 19.8. The largest absolute Gasteiger partial charge is 0.444 e. The number of alkyl carbamates (subject to hydrolysis) is 1. The van der Waals surface area contributed by atoms with Gasteiger partial charge in [0.25, 0.3) is 5.56 Å². The summed E-state index contributed by atoms with van der Waals surface area (Å²) in [7, 11) is 0. The van der Waals surface area contributed by atoms with Crippen LogP contribution in [-0.4, -0.2) is 32.0 Å². The molecule has 0 saturated carbocycles. The van der Waals surface area contributed by atoms with Crippen molar-refractivity contribution in [1.82, 2.24) is 14.9 Å². The van der Waals surface area contributed by atoms with Crippen LogP contribution in [0.2, 0.25) is 0 Å². The molecule has 3 rings (SSSR count). The number of ether oxygens (including phenoxy) is 1. The van der Waals surface area contributed by atoms with Crippen LogP contribution >= 0.6 is 0 Å². The Bertz CT molecular complexity index is 1290. The molecule has 0 spiro atoms. The molecule has 0 aliphatic carbocycles. The van der Waals surface area contributed by atoms with Crippen molar-refractivity contribution in [1.29, 1.82) is 0 Å². The minimum absolute atomic E-state index is 0.320. The van der Waals surface area contributed by atoms with Gasteiger partial charge in [-0.3, -0.25) is 9.36 Å². The molecule has 172 valence electrons. The Morgan fingerprint density at radius 2 is 1.76 bits per heavy atom. The van der Waals surface area contributed by atoms with Gasteiger partial charge in [0.05, 0.1) is 22.6 Å². The predicted molar refractivity (Wildman–Crippen MR) is 128 cm³/mol. The molecule has 0 unspecified atom stereocenters. The molecule has 0 aliphatic heterocycles. The van der Waals surface area contributed by atoms with Gasteiger partial charge in [0.1, 0.15) is 17.0 Å². The number of nitrogens with zero attached hydrogens (tertiary/aromatic N) is 2. The van der Waals surface area contributed by atoms with E-state index in [4.69, 9.17) is 9.72 Å². The van der Waals surface area contributed by atoms with Gasteiger partial charge in [-0.25, -0.2) is 9.78 Å². The summed E-state index contributed by atoms with van der Waals surface area (Å²) in [5.74, 6) is 6.03. The lowest BCUT2D eigenvalue weighted by molar-refractivity contribution is 0.0505. The van der Waals surface area contributed by atoms with Crippen LogP contribution in [0.4, 0.5) is 4.79 Å². The monoisotopic (exact) mass is 447 g/mol. The number of hydrogen-bond donors (Lipinski definition) is 2. The Kier molecular flexibility index (Phi) is 6.61. The molecule has 33 heavy (non-hydrogen) atoms. The summed E-state index contributed by atoms with van der Waals surface area (Å²) in [6, 6.07) is 13.7. The average molecular weight is 448 g/mol. The lowest BCUT2D eigenvalue weighted by Crippen LogP contribution is -2.37. The molecule has 1 aromatic heterocycles. The zero-order chi connectivity index (χ0) is 24.4. The first-order valence-electron chi connectivity index (χ1n) is 10.7. The van der Waals surface area contributed by atoms with E-state index in [1.165, 1.54) is 4.57 Å². The maximum Gasteiger partial charge on any atom is 0.408 e. The van der Waals surface area contributed by atoms with Crippen molar-refractivity contribution >= 4 is 17.0 Å². The molecule has 7 nitrogen and oxygen atoms in total. The third kappa shape index (κ3) is 5.99. The molecule has 0 fully saturated rings. The standard InChI is InChI=1S/C26H29N3O4/c1-17(27-24(31)33-25(2,3)4)22-28-20-14-10-11-18(15-16-26(5,6)32)21(20)23(30)29(22)19-12-8-7-9-13-19/h7-14,17,32H,1-6H3,(H,27,31)/t17-/m0/s1. The number of carbonyl (C=O) groups is 1. The Balaban J connectivity index is 2.23. The first-order valence-corrected chi connectivity index (χ1v) is 10.7. The zero-order valence-corrected chi connectivity index (χ0v) is 19.8. The molecule has 2 aromatic carbocycles. The first kappa shape index (κ1) is 24.0. The SMILES string of the molecule is C[C@H](NC(=O)OC(C)(C)C)c1nc2cccc(C#CC(C)(C)O)c2c(=O)n1-c1ccccc1. The number of aliphatic hydroxyl groups is 1. The van der Waals surface area contributed by atoms with Gasteiger partial charge in [-0.2, -0.15) is 0 Å². The highest BCUT2D eigenvalue weighted by atomic mass is 16.6. The number of aromatic nitrogens is 2. The van der Waals surface area contributed by atoms with E-state index in [2.05, 4.69) is 17.2 Å². The van der Waals surface area contributed by atoms with Gasteiger partial charge in [0.15, 0.2) is 0 Å². The van der Waals surface area contributed by atoms with Gasteiger partial charge < -0.3 is 15.2 Å². The fourth-order valence-corrected chi connectivity index (χ4v) is 3.24. The summed E-state index contributed by atoms with van der Waals surface area (Å²) >= 11 is 0. The van der Waals surface area contributed by atoms with E-state index < -0.39 is 23.3 Å². The maximum absolute atomic E-state index is 13.8. The molecule has 2 N–H and O–H groups in total. The minimum Gasteiger partial charge on any atom is -0.444 e. The number of para-hydroxylation sites is 1. The number of nitrogens with one attached hydrogen (secondary N) is 1. The van der Waals surface area contributed by atoms with Crippen LogP contribution in [0.3, 0.4) is 0 Å². The number of carbonyl (C=O) groups excluding carboxylic acids is 1. The Morgan fingerprint density at radius 3 is 2.36 bits per heavy atom. The summed E-state index contributed by atoms with van der Waals surface area (Å²) in [6.45, 7) is 10.2. The number of benzene rings is 2.